The lowest BCUT2D eigenvalue weighted by atomic mass is 10.2. The number of carbonyl (C=O) groups is 1. The Labute approximate surface area is 194 Å². The lowest BCUT2D eigenvalue weighted by Gasteiger charge is -2.08. The van der Waals surface area contributed by atoms with Crippen molar-refractivity contribution in [2.24, 2.45) is 5.73 Å². The Kier molecular flexibility index (Phi) is 28.7. The molecule has 0 aliphatic heterocycles. The van der Waals surface area contributed by atoms with Crippen LogP contribution in [0.1, 0.15) is 44.1 Å². The lowest BCUT2D eigenvalue weighted by molar-refractivity contribution is 0.139. The fraction of sp³-hybridized carbons (Fsp3) is 0.650. The summed E-state index contributed by atoms with van der Waals surface area (Å²) in [5.41, 5.74) is 6.45. The Morgan fingerprint density at radius 2 is 1.31 bits per heavy atom. The van der Waals surface area contributed by atoms with Crippen molar-refractivity contribution in [2.75, 3.05) is 39.3 Å². The molecule has 6 nitrogen and oxygen atoms in total. The molecule has 0 bridgehead atoms. The number of benzene rings is 1. The van der Waals surface area contributed by atoms with Gasteiger partial charge in [-0.1, -0.05) is 36.8 Å². The fourth-order valence-electron chi connectivity index (χ4n) is 2.50. The minimum absolute atomic E-state index is 0. The number of carbonyl (C=O) groups excluding carboxylic acids is 1. The molecule has 0 aromatic heterocycles. The van der Waals surface area contributed by atoms with E-state index in [1.807, 2.05) is 30.3 Å². The smallest absolute Gasteiger partial charge is 0.407 e. The van der Waals surface area contributed by atoms with Crippen LogP contribution >= 0.6 is 37.2 Å². The van der Waals surface area contributed by atoms with Crippen LogP contribution in [0.25, 0.3) is 0 Å². The number of hydrogen-bond donors (Lipinski definition) is 4. The highest BCUT2D eigenvalue weighted by Crippen LogP contribution is 2.00. The van der Waals surface area contributed by atoms with Gasteiger partial charge >= 0.3 is 6.09 Å². The van der Waals surface area contributed by atoms with Crippen molar-refractivity contribution in [3.8, 4) is 0 Å². The van der Waals surface area contributed by atoms with E-state index in [0.29, 0.717) is 13.2 Å². The highest BCUT2D eigenvalue weighted by Gasteiger charge is 2.01. The zero-order chi connectivity index (χ0) is 18.7. The van der Waals surface area contributed by atoms with Gasteiger partial charge in [-0.15, -0.1) is 37.2 Å². The molecule has 0 saturated heterocycles. The van der Waals surface area contributed by atoms with Gasteiger partial charge in [0.25, 0.3) is 0 Å². The Morgan fingerprint density at radius 1 is 0.759 bits per heavy atom. The lowest BCUT2D eigenvalue weighted by Crippen LogP contribution is -2.25. The molecular weight excluding hydrogens is 435 g/mol. The topological polar surface area (TPSA) is 88.4 Å². The molecule has 0 heterocycles. The second kappa shape index (κ2) is 25.3. The summed E-state index contributed by atoms with van der Waals surface area (Å²) in [5, 5.41) is 9.67. The molecule has 0 radical (unpaired) electrons. The molecule has 0 aliphatic carbocycles. The predicted molar refractivity (Wildman–Crippen MR) is 129 cm³/mol. The van der Waals surface area contributed by atoms with Crippen LogP contribution in [0.15, 0.2) is 30.3 Å². The van der Waals surface area contributed by atoms with Crippen molar-refractivity contribution in [3.63, 3.8) is 0 Å². The van der Waals surface area contributed by atoms with Crippen LogP contribution < -0.4 is 21.7 Å². The molecule has 0 atom stereocenters. The van der Waals surface area contributed by atoms with E-state index in [0.717, 1.165) is 76.8 Å². The maximum atomic E-state index is 11.6. The number of ether oxygens (including phenoxy) is 1. The van der Waals surface area contributed by atoms with Gasteiger partial charge in [0.05, 0.1) is 0 Å². The van der Waals surface area contributed by atoms with Crippen molar-refractivity contribution in [1.29, 1.82) is 0 Å². The van der Waals surface area contributed by atoms with E-state index in [4.69, 9.17) is 10.5 Å². The summed E-state index contributed by atoms with van der Waals surface area (Å²) >= 11 is 0. The SMILES string of the molecule is Cl.Cl.Cl.NCCCCNCCCNCCCCCNC(=O)OCc1ccccc1. The summed E-state index contributed by atoms with van der Waals surface area (Å²) in [6.07, 6.45) is 6.28. The number of alkyl carbamates (subject to hydrolysis) is 1. The highest BCUT2D eigenvalue weighted by atomic mass is 35.5. The van der Waals surface area contributed by atoms with Crippen LogP contribution in [0.5, 0.6) is 0 Å². The van der Waals surface area contributed by atoms with Gasteiger partial charge in [-0.2, -0.15) is 0 Å². The average molecular weight is 474 g/mol. The Morgan fingerprint density at radius 3 is 1.93 bits per heavy atom. The number of nitrogens with one attached hydrogen (secondary N) is 3. The molecule has 1 aromatic rings. The van der Waals surface area contributed by atoms with E-state index >= 15 is 0 Å². The normalized spacial score (nSPS) is 9.55. The second-order valence-electron chi connectivity index (χ2n) is 6.40. The zero-order valence-electron chi connectivity index (χ0n) is 17.2. The van der Waals surface area contributed by atoms with Crippen molar-refractivity contribution in [1.82, 2.24) is 16.0 Å². The third-order valence-corrected chi connectivity index (χ3v) is 4.03. The van der Waals surface area contributed by atoms with E-state index in [2.05, 4.69) is 16.0 Å². The average Bonchev–Trinajstić information content (AvgIpc) is 2.67. The first kappa shape index (κ1) is 32.9. The first-order valence-electron chi connectivity index (χ1n) is 9.89. The summed E-state index contributed by atoms with van der Waals surface area (Å²) < 4.78 is 5.17. The van der Waals surface area contributed by atoms with Crippen LogP contribution in [0, 0.1) is 0 Å². The van der Waals surface area contributed by atoms with Crippen LogP contribution in [0.3, 0.4) is 0 Å². The molecular formula is C20H39Cl3N4O2. The number of amides is 1. The number of rotatable bonds is 16. The first-order valence-corrected chi connectivity index (χ1v) is 9.89. The molecule has 172 valence electrons. The number of halogens is 3. The monoisotopic (exact) mass is 472 g/mol. The van der Waals surface area contributed by atoms with Gasteiger partial charge in [0.15, 0.2) is 0 Å². The van der Waals surface area contributed by atoms with Gasteiger partial charge in [0, 0.05) is 6.54 Å². The van der Waals surface area contributed by atoms with Gasteiger partial charge < -0.3 is 26.4 Å². The van der Waals surface area contributed by atoms with E-state index in [-0.39, 0.29) is 43.3 Å². The highest BCUT2D eigenvalue weighted by molar-refractivity contribution is 5.86. The van der Waals surface area contributed by atoms with Crippen molar-refractivity contribution in [2.45, 2.75) is 45.1 Å². The summed E-state index contributed by atoms with van der Waals surface area (Å²) in [4.78, 5) is 11.6. The van der Waals surface area contributed by atoms with Gasteiger partial charge in [0.1, 0.15) is 6.61 Å². The molecule has 9 heteroatoms. The van der Waals surface area contributed by atoms with E-state index < -0.39 is 0 Å². The van der Waals surface area contributed by atoms with Gasteiger partial charge in [0.2, 0.25) is 0 Å². The van der Waals surface area contributed by atoms with Gasteiger partial charge in [-0.05, 0) is 70.4 Å². The van der Waals surface area contributed by atoms with Crippen LogP contribution in [-0.4, -0.2) is 45.4 Å². The minimum atomic E-state index is -0.342. The summed E-state index contributed by atoms with van der Waals surface area (Å²) in [6, 6.07) is 9.70. The molecule has 0 spiro atoms. The maximum Gasteiger partial charge on any atom is 0.407 e. The van der Waals surface area contributed by atoms with Crippen molar-refractivity contribution in [3.05, 3.63) is 35.9 Å². The molecule has 0 fully saturated rings. The van der Waals surface area contributed by atoms with E-state index in [9.17, 15) is 4.79 Å². The fourth-order valence-corrected chi connectivity index (χ4v) is 2.50. The number of hydrogen-bond acceptors (Lipinski definition) is 5. The molecule has 1 rings (SSSR count). The molecule has 5 N–H and O–H groups in total. The largest absolute Gasteiger partial charge is 0.445 e. The number of unbranched alkanes of at least 4 members (excludes halogenated alkanes) is 3. The molecule has 0 saturated carbocycles. The van der Waals surface area contributed by atoms with Gasteiger partial charge in [-0.3, -0.25) is 0 Å². The third kappa shape index (κ3) is 21.8. The minimum Gasteiger partial charge on any atom is -0.445 e. The summed E-state index contributed by atoms with van der Waals surface area (Å²) in [7, 11) is 0. The van der Waals surface area contributed by atoms with Crippen LogP contribution in [-0.2, 0) is 11.3 Å². The van der Waals surface area contributed by atoms with Crippen molar-refractivity contribution < 1.29 is 9.53 Å². The summed E-state index contributed by atoms with van der Waals surface area (Å²) in [6.45, 7) is 5.98. The Bertz CT molecular complexity index is 457. The Balaban J connectivity index is -0.00000225. The Hall–Kier alpha value is -0.760. The quantitative estimate of drug-likeness (QED) is 0.275. The molecule has 0 aliphatic rings. The molecule has 1 amide bonds. The van der Waals surface area contributed by atoms with Gasteiger partial charge in [-0.25, -0.2) is 4.79 Å². The summed E-state index contributed by atoms with van der Waals surface area (Å²) in [5.74, 6) is 0. The number of nitrogens with two attached hydrogens (primary N) is 1. The standard InChI is InChI=1S/C20H36N4O2.3ClH/c21-12-5-8-14-23-16-9-15-22-13-6-2-7-17-24-20(25)26-18-19-10-3-1-4-11-19;;;/h1,3-4,10-11,22-23H,2,5-9,12-18,21H2,(H,24,25);3*1H. The van der Waals surface area contributed by atoms with Crippen LogP contribution in [0.2, 0.25) is 0 Å². The zero-order valence-corrected chi connectivity index (χ0v) is 19.6. The molecule has 0 unspecified atom stereocenters. The van der Waals surface area contributed by atoms with E-state index in [1.54, 1.807) is 0 Å². The first-order chi connectivity index (χ1) is 12.8. The predicted octanol–water partition coefficient (Wildman–Crippen LogP) is 3.66. The maximum absolute atomic E-state index is 11.6. The second-order valence-corrected chi connectivity index (χ2v) is 6.40. The van der Waals surface area contributed by atoms with Crippen molar-refractivity contribution >= 4 is 43.3 Å². The molecule has 1 aromatic carbocycles. The van der Waals surface area contributed by atoms with E-state index in [1.165, 1.54) is 0 Å². The molecule has 29 heavy (non-hydrogen) atoms. The van der Waals surface area contributed by atoms with Crippen LogP contribution in [0.4, 0.5) is 4.79 Å². The third-order valence-electron chi connectivity index (χ3n) is 4.03.